The Morgan fingerprint density at radius 3 is 2.53 bits per heavy atom. The molecule has 3 nitrogen and oxygen atoms in total. The summed E-state index contributed by atoms with van der Waals surface area (Å²) in [5.41, 5.74) is 1.09. The van der Waals surface area contributed by atoms with Gasteiger partial charge in [0, 0.05) is 6.07 Å². The Morgan fingerprint density at radius 2 is 1.89 bits per heavy atom. The molecule has 0 atom stereocenters. The molecule has 0 N–H and O–H groups in total. The largest absolute Gasteiger partial charge is 0.543 e. The molecular weight excluding hydrogens is 256 g/mol. The van der Waals surface area contributed by atoms with E-state index in [0.717, 1.165) is 17.7 Å². The second kappa shape index (κ2) is 4.67. The summed E-state index contributed by atoms with van der Waals surface area (Å²) in [6.45, 7) is 11.0. The van der Waals surface area contributed by atoms with Crippen LogP contribution in [0.25, 0.3) is 0 Å². The second-order valence-corrected chi connectivity index (χ2v) is 11.3. The van der Waals surface area contributed by atoms with Gasteiger partial charge in [0.15, 0.2) is 0 Å². The SMILES string of the molecule is CC(C)(C)[Si](C)(C)Oc1ccc2c(c1)OC(=O)CC2. The molecule has 1 heterocycles. The lowest BCUT2D eigenvalue weighted by Gasteiger charge is -2.36. The third-order valence-electron chi connectivity index (χ3n) is 4.04. The van der Waals surface area contributed by atoms with Gasteiger partial charge in [0.1, 0.15) is 11.5 Å². The van der Waals surface area contributed by atoms with E-state index in [4.69, 9.17) is 9.16 Å². The zero-order valence-corrected chi connectivity index (χ0v) is 13.4. The van der Waals surface area contributed by atoms with E-state index >= 15 is 0 Å². The second-order valence-electron chi connectivity index (χ2n) is 6.61. The van der Waals surface area contributed by atoms with Crippen LogP contribution in [0, 0.1) is 0 Å². The molecule has 104 valence electrons. The van der Waals surface area contributed by atoms with Crippen molar-refractivity contribution in [3.8, 4) is 11.5 Å². The van der Waals surface area contributed by atoms with Gasteiger partial charge in [-0.2, -0.15) is 0 Å². The van der Waals surface area contributed by atoms with Crippen molar-refractivity contribution in [3.05, 3.63) is 23.8 Å². The van der Waals surface area contributed by atoms with E-state index in [9.17, 15) is 4.79 Å². The summed E-state index contributed by atoms with van der Waals surface area (Å²) in [5, 5.41) is 0.152. The summed E-state index contributed by atoms with van der Waals surface area (Å²) in [5.74, 6) is 1.31. The quantitative estimate of drug-likeness (QED) is 0.467. The van der Waals surface area contributed by atoms with Crippen molar-refractivity contribution in [1.82, 2.24) is 0 Å². The number of hydrogen-bond acceptors (Lipinski definition) is 3. The Kier molecular flexibility index (Phi) is 3.47. The fraction of sp³-hybridized carbons (Fsp3) is 0.533. The predicted octanol–water partition coefficient (Wildman–Crippen LogP) is 3.92. The normalized spacial score (nSPS) is 15.7. The maximum atomic E-state index is 11.3. The molecule has 1 aliphatic rings. The van der Waals surface area contributed by atoms with Gasteiger partial charge in [-0.25, -0.2) is 0 Å². The van der Waals surface area contributed by atoms with Crippen LogP contribution in [0.4, 0.5) is 0 Å². The van der Waals surface area contributed by atoms with Crippen LogP contribution >= 0.6 is 0 Å². The Bertz CT molecular complexity index is 501. The van der Waals surface area contributed by atoms with E-state index in [1.165, 1.54) is 0 Å². The van der Waals surface area contributed by atoms with Gasteiger partial charge in [0.25, 0.3) is 0 Å². The van der Waals surface area contributed by atoms with Crippen molar-refractivity contribution < 1.29 is 14.0 Å². The first-order valence-corrected chi connectivity index (χ1v) is 9.62. The molecule has 1 aromatic carbocycles. The van der Waals surface area contributed by atoms with Gasteiger partial charge >= 0.3 is 5.97 Å². The molecule has 2 rings (SSSR count). The maximum Gasteiger partial charge on any atom is 0.311 e. The van der Waals surface area contributed by atoms with Crippen molar-refractivity contribution in [3.63, 3.8) is 0 Å². The molecule has 0 radical (unpaired) electrons. The number of hydrogen-bond donors (Lipinski definition) is 0. The Balaban J connectivity index is 2.23. The standard InChI is InChI=1S/C15H22O3Si/c1-15(2,3)19(4,5)18-12-8-6-11-7-9-14(16)17-13(11)10-12/h6,8,10H,7,9H2,1-5H3. The van der Waals surface area contributed by atoms with Gasteiger partial charge in [-0.15, -0.1) is 0 Å². The van der Waals surface area contributed by atoms with Crippen LogP contribution in [0.2, 0.25) is 18.1 Å². The zero-order chi connectivity index (χ0) is 14.3. The summed E-state index contributed by atoms with van der Waals surface area (Å²) < 4.78 is 11.5. The number of carbonyl (C=O) groups is 1. The van der Waals surface area contributed by atoms with E-state index in [-0.39, 0.29) is 11.0 Å². The van der Waals surface area contributed by atoms with Crippen LogP contribution in [-0.4, -0.2) is 14.3 Å². The van der Waals surface area contributed by atoms with Crippen LogP contribution < -0.4 is 9.16 Å². The van der Waals surface area contributed by atoms with Crippen LogP contribution in [0.3, 0.4) is 0 Å². The van der Waals surface area contributed by atoms with Crippen LogP contribution in [-0.2, 0) is 11.2 Å². The van der Waals surface area contributed by atoms with E-state index in [1.54, 1.807) is 0 Å². The number of fused-ring (bicyclic) bond motifs is 1. The molecule has 0 unspecified atom stereocenters. The molecule has 0 amide bonds. The maximum absolute atomic E-state index is 11.3. The molecule has 0 bridgehead atoms. The topological polar surface area (TPSA) is 35.5 Å². The van der Waals surface area contributed by atoms with Crippen LogP contribution in [0.1, 0.15) is 32.8 Å². The summed E-state index contributed by atoms with van der Waals surface area (Å²) in [7, 11) is -1.85. The number of aryl methyl sites for hydroxylation is 1. The fourth-order valence-corrected chi connectivity index (χ4v) is 2.78. The van der Waals surface area contributed by atoms with Crippen LogP contribution in [0.5, 0.6) is 11.5 Å². The molecule has 0 aliphatic carbocycles. The van der Waals surface area contributed by atoms with Gasteiger partial charge in [-0.3, -0.25) is 4.79 Å². The lowest BCUT2D eigenvalue weighted by Crippen LogP contribution is -2.43. The van der Waals surface area contributed by atoms with E-state index in [1.807, 2.05) is 18.2 Å². The van der Waals surface area contributed by atoms with E-state index in [0.29, 0.717) is 12.2 Å². The number of benzene rings is 1. The molecule has 4 heteroatoms. The molecule has 1 aromatic rings. The minimum absolute atomic E-state index is 0.152. The average molecular weight is 278 g/mol. The number of ether oxygens (including phenoxy) is 1. The molecular formula is C15H22O3Si. The van der Waals surface area contributed by atoms with Gasteiger partial charge in [0.05, 0.1) is 6.42 Å². The van der Waals surface area contributed by atoms with Crippen molar-refractivity contribution in [1.29, 1.82) is 0 Å². The highest BCUT2D eigenvalue weighted by atomic mass is 28.4. The minimum atomic E-state index is -1.85. The summed E-state index contributed by atoms with van der Waals surface area (Å²) in [4.78, 5) is 11.3. The minimum Gasteiger partial charge on any atom is -0.543 e. The summed E-state index contributed by atoms with van der Waals surface area (Å²) in [6.07, 6.45) is 1.23. The number of rotatable bonds is 2. The highest BCUT2D eigenvalue weighted by Crippen LogP contribution is 2.38. The van der Waals surface area contributed by atoms with Crippen molar-refractivity contribution in [2.24, 2.45) is 0 Å². The molecule has 0 spiro atoms. The van der Waals surface area contributed by atoms with Gasteiger partial charge in [0.2, 0.25) is 8.32 Å². The molecule has 0 fully saturated rings. The molecule has 0 saturated carbocycles. The highest BCUT2D eigenvalue weighted by molar-refractivity contribution is 6.74. The smallest absolute Gasteiger partial charge is 0.311 e. The molecule has 0 aromatic heterocycles. The highest BCUT2D eigenvalue weighted by Gasteiger charge is 2.39. The first kappa shape index (κ1) is 14.1. The lowest BCUT2D eigenvalue weighted by atomic mass is 10.1. The number of carbonyl (C=O) groups excluding carboxylic acids is 1. The third-order valence-corrected chi connectivity index (χ3v) is 8.40. The predicted molar refractivity (Wildman–Crippen MR) is 78.2 cm³/mol. The fourth-order valence-electron chi connectivity index (χ4n) is 1.76. The monoisotopic (exact) mass is 278 g/mol. The third kappa shape index (κ3) is 3.00. The molecule has 19 heavy (non-hydrogen) atoms. The van der Waals surface area contributed by atoms with E-state index in [2.05, 4.69) is 33.9 Å². The number of esters is 1. The van der Waals surface area contributed by atoms with Crippen molar-refractivity contribution in [2.45, 2.75) is 51.7 Å². The Labute approximate surface area is 116 Å². The Hall–Kier alpha value is -1.29. The summed E-state index contributed by atoms with van der Waals surface area (Å²) in [6, 6.07) is 5.84. The average Bonchev–Trinajstić information content (AvgIpc) is 2.26. The van der Waals surface area contributed by atoms with Crippen molar-refractivity contribution >= 4 is 14.3 Å². The van der Waals surface area contributed by atoms with Gasteiger partial charge < -0.3 is 9.16 Å². The van der Waals surface area contributed by atoms with Gasteiger partial charge in [-0.05, 0) is 36.2 Å². The Morgan fingerprint density at radius 1 is 1.21 bits per heavy atom. The van der Waals surface area contributed by atoms with Crippen LogP contribution in [0.15, 0.2) is 18.2 Å². The molecule has 1 aliphatic heterocycles. The van der Waals surface area contributed by atoms with E-state index < -0.39 is 8.32 Å². The molecule has 0 saturated heterocycles. The zero-order valence-electron chi connectivity index (χ0n) is 12.4. The van der Waals surface area contributed by atoms with Crippen molar-refractivity contribution in [2.75, 3.05) is 0 Å². The van der Waals surface area contributed by atoms with Gasteiger partial charge in [-0.1, -0.05) is 26.8 Å². The first-order valence-electron chi connectivity index (χ1n) is 6.72. The first-order chi connectivity index (χ1) is 8.69. The summed E-state index contributed by atoms with van der Waals surface area (Å²) >= 11 is 0. The lowest BCUT2D eigenvalue weighted by molar-refractivity contribution is -0.135.